The first-order chi connectivity index (χ1) is 10.0. The number of fused-ring (bicyclic) bond motifs is 2. The number of hydrogen-bond acceptors (Lipinski definition) is 4. The molecule has 5 nitrogen and oxygen atoms in total. The molecular formula is C15H16BNO4. The number of ether oxygens (including phenoxy) is 2. The Morgan fingerprint density at radius 2 is 2.14 bits per heavy atom. The topological polar surface area (TPSA) is 64.6 Å². The Morgan fingerprint density at radius 3 is 2.76 bits per heavy atom. The van der Waals surface area contributed by atoms with Gasteiger partial charge in [0.1, 0.15) is 14.5 Å². The molecule has 1 amide bonds. The quantitative estimate of drug-likeness (QED) is 0.647. The molecule has 0 aliphatic carbocycles. The number of carbonyl (C=O) groups excluding carboxylic acids is 2. The van der Waals surface area contributed by atoms with Crippen molar-refractivity contribution in [3.05, 3.63) is 35.9 Å². The lowest BCUT2D eigenvalue weighted by molar-refractivity contribution is -0.162. The molecule has 21 heavy (non-hydrogen) atoms. The fraction of sp³-hybridized carbons (Fsp3) is 0.467. The standard InChI is InChI=1S/C15H16BNO4/c1-9-12-13(16)21-15(9,14(19)17-12)7-11(18)20-8-10-5-3-2-4-6-10/h2-6,9,12-13H,7-8H2,1H3,(H,17,19)/t9?,12-,13+,15+/m0/s1. The van der Waals surface area contributed by atoms with E-state index in [1.807, 2.05) is 37.3 Å². The first kappa shape index (κ1) is 14.1. The van der Waals surface area contributed by atoms with E-state index in [9.17, 15) is 9.59 Å². The maximum absolute atomic E-state index is 12.0. The van der Waals surface area contributed by atoms with Crippen molar-refractivity contribution in [2.75, 3.05) is 0 Å². The maximum Gasteiger partial charge on any atom is 0.309 e. The van der Waals surface area contributed by atoms with Crippen molar-refractivity contribution in [2.24, 2.45) is 5.92 Å². The highest BCUT2D eigenvalue weighted by molar-refractivity contribution is 6.13. The predicted octanol–water partition coefficient (Wildman–Crippen LogP) is 0.518. The van der Waals surface area contributed by atoms with Gasteiger partial charge in [-0.2, -0.15) is 0 Å². The van der Waals surface area contributed by atoms with Crippen molar-refractivity contribution >= 4 is 19.7 Å². The summed E-state index contributed by atoms with van der Waals surface area (Å²) in [5.74, 6) is -0.891. The van der Waals surface area contributed by atoms with Crippen LogP contribution in [-0.2, 0) is 25.7 Å². The third kappa shape index (κ3) is 2.33. The SMILES string of the molecule is [B][C@@H]1O[C@@]2(CC(=O)OCc3ccccc3)C(=O)N[C@H]1C2C. The predicted molar refractivity (Wildman–Crippen MR) is 75.3 cm³/mol. The molecule has 2 aliphatic rings. The zero-order chi connectivity index (χ0) is 15.0. The fourth-order valence-corrected chi connectivity index (χ4v) is 3.03. The van der Waals surface area contributed by atoms with Gasteiger partial charge >= 0.3 is 5.97 Å². The highest BCUT2D eigenvalue weighted by Gasteiger charge is 2.62. The minimum Gasteiger partial charge on any atom is -0.461 e. The van der Waals surface area contributed by atoms with Crippen LogP contribution in [0.5, 0.6) is 0 Å². The largest absolute Gasteiger partial charge is 0.461 e. The molecule has 2 aliphatic heterocycles. The van der Waals surface area contributed by atoms with E-state index in [1.54, 1.807) is 0 Å². The van der Waals surface area contributed by atoms with Gasteiger partial charge in [0.05, 0.1) is 12.5 Å². The van der Waals surface area contributed by atoms with Gasteiger partial charge in [0.2, 0.25) is 0 Å². The third-order valence-electron chi connectivity index (χ3n) is 4.31. The Kier molecular flexibility index (Phi) is 3.49. The van der Waals surface area contributed by atoms with E-state index in [2.05, 4.69) is 5.32 Å². The lowest BCUT2D eigenvalue weighted by Gasteiger charge is -2.28. The van der Waals surface area contributed by atoms with E-state index in [4.69, 9.17) is 17.3 Å². The van der Waals surface area contributed by atoms with Crippen molar-refractivity contribution in [1.82, 2.24) is 5.32 Å². The van der Waals surface area contributed by atoms with Gasteiger partial charge in [0.25, 0.3) is 5.91 Å². The molecule has 6 heteroatoms. The van der Waals surface area contributed by atoms with E-state index in [-0.39, 0.29) is 30.9 Å². The van der Waals surface area contributed by atoms with Crippen LogP contribution >= 0.6 is 0 Å². The lowest BCUT2D eigenvalue weighted by Crippen LogP contribution is -2.50. The number of hydrogen-bond donors (Lipinski definition) is 1. The molecule has 0 saturated carbocycles. The summed E-state index contributed by atoms with van der Waals surface area (Å²) in [4.78, 5) is 24.1. The van der Waals surface area contributed by atoms with Crippen molar-refractivity contribution < 1.29 is 19.1 Å². The van der Waals surface area contributed by atoms with Gasteiger partial charge in [0, 0.05) is 11.9 Å². The summed E-state index contributed by atoms with van der Waals surface area (Å²) in [6.07, 6.45) is -0.114. The van der Waals surface area contributed by atoms with E-state index >= 15 is 0 Å². The summed E-state index contributed by atoms with van der Waals surface area (Å²) in [6, 6.07) is 8.57. The molecule has 1 unspecified atom stereocenters. The average molecular weight is 285 g/mol. The number of carbonyl (C=O) groups is 2. The van der Waals surface area contributed by atoms with Gasteiger partial charge in [-0.05, 0) is 5.56 Å². The zero-order valence-corrected chi connectivity index (χ0v) is 11.7. The molecule has 1 N–H and O–H groups in total. The average Bonchev–Trinajstić information content (AvgIpc) is 2.84. The Balaban J connectivity index is 1.63. The number of nitrogens with one attached hydrogen (secondary N) is 1. The smallest absolute Gasteiger partial charge is 0.309 e. The van der Waals surface area contributed by atoms with Gasteiger partial charge in [0.15, 0.2) is 5.60 Å². The van der Waals surface area contributed by atoms with Crippen molar-refractivity contribution in [3.8, 4) is 0 Å². The Labute approximate surface area is 124 Å². The van der Waals surface area contributed by atoms with Crippen LogP contribution in [0.25, 0.3) is 0 Å². The number of amides is 1. The highest BCUT2D eigenvalue weighted by atomic mass is 16.5. The van der Waals surface area contributed by atoms with Crippen LogP contribution in [0.15, 0.2) is 30.3 Å². The summed E-state index contributed by atoms with van der Waals surface area (Å²) in [5, 5.41) is 2.78. The van der Waals surface area contributed by atoms with Crippen LogP contribution in [0, 0.1) is 5.92 Å². The number of esters is 1. The highest BCUT2D eigenvalue weighted by Crippen LogP contribution is 2.43. The van der Waals surface area contributed by atoms with Crippen LogP contribution in [0.4, 0.5) is 0 Å². The molecule has 2 saturated heterocycles. The summed E-state index contributed by atoms with van der Waals surface area (Å²) in [7, 11) is 5.81. The van der Waals surface area contributed by atoms with Crippen LogP contribution < -0.4 is 5.32 Å². The lowest BCUT2D eigenvalue weighted by atomic mass is 9.83. The minimum atomic E-state index is -1.18. The van der Waals surface area contributed by atoms with Crippen LogP contribution in [0.2, 0.25) is 0 Å². The third-order valence-corrected chi connectivity index (χ3v) is 4.31. The Hall–Kier alpha value is -1.82. The minimum absolute atomic E-state index is 0.114. The molecule has 3 rings (SSSR count). The van der Waals surface area contributed by atoms with E-state index in [1.165, 1.54) is 0 Å². The second-order valence-electron chi connectivity index (χ2n) is 5.58. The summed E-state index contributed by atoms with van der Waals surface area (Å²) >= 11 is 0. The number of rotatable bonds is 4. The van der Waals surface area contributed by atoms with E-state index in [0.29, 0.717) is 0 Å². The molecule has 1 aromatic carbocycles. The Morgan fingerprint density at radius 1 is 1.43 bits per heavy atom. The molecule has 108 valence electrons. The molecule has 0 spiro atoms. The van der Waals surface area contributed by atoms with Crippen LogP contribution in [0.3, 0.4) is 0 Å². The molecule has 1 aromatic rings. The second kappa shape index (κ2) is 5.18. The fourth-order valence-electron chi connectivity index (χ4n) is 3.03. The van der Waals surface area contributed by atoms with Gasteiger partial charge in [-0.1, -0.05) is 37.3 Å². The molecule has 2 radical (unpaired) electrons. The van der Waals surface area contributed by atoms with Crippen molar-refractivity contribution in [3.63, 3.8) is 0 Å². The summed E-state index contributed by atoms with van der Waals surface area (Å²) in [6.45, 7) is 2.04. The first-order valence-electron chi connectivity index (χ1n) is 6.97. The number of morpholine rings is 1. The Bertz CT molecular complexity index is 564. The molecule has 2 heterocycles. The normalized spacial score (nSPS) is 33.8. The van der Waals surface area contributed by atoms with Crippen molar-refractivity contribution in [2.45, 2.75) is 37.6 Å². The van der Waals surface area contributed by atoms with Crippen LogP contribution in [-0.4, -0.2) is 37.4 Å². The van der Waals surface area contributed by atoms with E-state index in [0.717, 1.165) is 5.56 Å². The second-order valence-corrected chi connectivity index (χ2v) is 5.58. The first-order valence-corrected chi connectivity index (χ1v) is 6.97. The molecule has 2 fully saturated rings. The van der Waals surface area contributed by atoms with Gasteiger partial charge < -0.3 is 14.8 Å². The van der Waals surface area contributed by atoms with Gasteiger partial charge in [-0.3, -0.25) is 9.59 Å². The molecular weight excluding hydrogens is 269 g/mol. The summed E-state index contributed by atoms with van der Waals surface area (Å²) < 4.78 is 10.8. The molecule has 2 bridgehead atoms. The number of benzene rings is 1. The molecule has 4 atom stereocenters. The maximum atomic E-state index is 12.0. The van der Waals surface area contributed by atoms with E-state index < -0.39 is 17.6 Å². The van der Waals surface area contributed by atoms with Gasteiger partial charge in [-0.15, -0.1) is 0 Å². The summed E-state index contributed by atoms with van der Waals surface area (Å²) in [5.41, 5.74) is -0.285. The zero-order valence-electron chi connectivity index (χ0n) is 11.7. The van der Waals surface area contributed by atoms with Crippen molar-refractivity contribution in [1.29, 1.82) is 0 Å². The van der Waals surface area contributed by atoms with Gasteiger partial charge in [-0.25, -0.2) is 0 Å². The monoisotopic (exact) mass is 285 g/mol. The molecule has 0 aromatic heterocycles. The van der Waals surface area contributed by atoms with Crippen LogP contribution in [0.1, 0.15) is 18.9 Å².